The first-order valence-corrected chi connectivity index (χ1v) is 14.2. The molecule has 0 aliphatic carbocycles. The molecule has 1 aliphatic heterocycles. The number of ether oxygens (including phenoxy) is 1. The van der Waals surface area contributed by atoms with Crippen LogP contribution in [0.25, 0.3) is 0 Å². The Morgan fingerprint density at radius 1 is 1.15 bits per heavy atom. The highest BCUT2D eigenvalue weighted by molar-refractivity contribution is 6.34. The van der Waals surface area contributed by atoms with Crippen molar-refractivity contribution >= 4 is 34.8 Å². The number of hydrogen-bond donors (Lipinski definition) is 1. The molecule has 9 heteroatoms. The Kier molecular flexibility index (Phi) is 10.1. The number of halogens is 2. The quantitative estimate of drug-likeness (QED) is 0.298. The second kappa shape index (κ2) is 13.5. The molecule has 1 N–H and O–H groups in total. The minimum atomic E-state index is -0.214. The fourth-order valence-electron chi connectivity index (χ4n) is 5.22. The van der Waals surface area contributed by atoms with Gasteiger partial charge in [-0.05, 0) is 93.1 Å². The molecule has 0 bridgehead atoms. The zero-order valence-corrected chi connectivity index (χ0v) is 24.6. The molecule has 4 rings (SSSR count). The third-order valence-corrected chi connectivity index (χ3v) is 8.14. The lowest BCUT2D eigenvalue weighted by Gasteiger charge is -2.42. The Balaban J connectivity index is 1.34. The van der Waals surface area contributed by atoms with Crippen LogP contribution in [0.5, 0.6) is 5.75 Å². The van der Waals surface area contributed by atoms with E-state index in [2.05, 4.69) is 57.1 Å². The molecular weight excluding hydrogens is 533 g/mol. The van der Waals surface area contributed by atoms with Crippen LogP contribution in [0.4, 0.5) is 5.69 Å². The maximum absolute atomic E-state index is 12.7. The molecule has 0 saturated carbocycles. The number of anilines is 1. The number of nitrogens with zero attached hydrogens (tertiary/aromatic N) is 4. The fourth-order valence-corrected chi connectivity index (χ4v) is 5.84. The summed E-state index contributed by atoms with van der Waals surface area (Å²) < 4.78 is 5.38. The summed E-state index contributed by atoms with van der Waals surface area (Å²) >= 11 is 12.1. The van der Waals surface area contributed by atoms with Crippen LogP contribution in [0.15, 0.2) is 48.8 Å². The van der Waals surface area contributed by atoms with E-state index in [9.17, 15) is 4.79 Å². The van der Waals surface area contributed by atoms with Gasteiger partial charge in [0.25, 0.3) is 5.91 Å². The zero-order valence-electron chi connectivity index (χ0n) is 23.1. The van der Waals surface area contributed by atoms with E-state index < -0.39 is 0 Å². The minimum absolute atomic E-state index is 0.135. The summed E-state index contributed by atoms with van der Waals surface area (Å²) in [6, 6.07) is 12.8. The molecule has 1 amide bonds. The highest BCUT2D eigenvalue weighted by Crippen LogP contribution is 2.29. The van der Waals surface area contributed by atoms with Gasteiger partial charge in [0.2, 0.25) is 0 Å². The van der Waals surface area contributed by atoms with Gasteiger partial charge in [-0.2, -0.15) is 0 Å². The number of hydrogen-bond acceptors (Lipinski definition) is 6. The molecular formula is C30H37Cl2N5O2. The highest BCUT2D eigenvalue weighted by atomic mass is 35.5. The van der Waals surface area contributed by atoms with Gasteiger partial charge in [-0.1, -0.05) is 23.2 Å². The number of pyridine rings is 2. The van der Waals surface area contributed by atoms with Crippen LogP contribution in [-0.2, 0) is 6.54 Å². The molecule has 1 fully saturated rings. The summed E-state index contributed by atoms with van der Waals surface area (Å²) in [7, 11) is 1.69. The molecule has 0 unspecified atom stereocenters. The summed E-state index contributed by atoms with van der Waals surface area (Å²) in [6.07, 6.45) is 6.80. The predicted molar refractivity (Wildman–Crippen MR) is 158 cm³/mol. The molecule has 1 aliphatic rings. The van der Waals surface area contributed by atoms with Crippen LogP contribution in [0.1, 0.15) is 53.2 Å². The van der Waals surface area contributed by atoms with E-state index in [4.69, 9.17) is 27.9 Å². The minimum Gasteiger partial charge on any atom is -0.497 e. The van der Waals surface area contributed by atoms with Gasteiger partial charge in [-0.3, -0.25) is 9.78 Å². The highest BCUT2D eigenvalue weighted by Gasteiger charge is 2.28. The Bertz CT molecular complexity index is 1240. The van der Waals surface area contributed by atoms with Crippen molar-refractivity contribution in [1.82, 2.24) is 20.2 Å². The van der Waals surface area contributed by atoms with Crippen LogP contribution in [0, 0.1) is 13.8 Å². The van der Waals surface area contributed by atoms with Crippen LogP contribution >= 0.6 is 23.2 Å². The summed E-state index contributed by atoms with van der Waals surface area (Å²) in [5, 5.41) is 3.42. The smallest absolute Gasteiger partial charge is 0.254 e. The van der Waals surface area contributed by atoms with Crippen LogP contribution in [0.2, 0.25) is 10.3 Å². The summed E-state index contributed by atoms with van der Waals surface area (Å²) in [5.74, 6) is 0.644. The topological polar surface area (TPSA) is 70.6 Å². The van der Waals surface area contributed by atoms with Crippen molar-refractivity contribution in [2.45, 2.75) is 58.7 Å². The normalized spacial score (nSPS) is 15.1. The lowest BCUT2D eigenvalue weighted by atomic mass is 9.99. The van der Waals surface area contributed by atoms with Crippen molar-refractivity contribution < 1.29 is 9.53 Å². The van der Waals surface area contributed by atoms with Crippen molar-refractivity contribution in [2.75, 3.05) is 31.6 Å². The Hall–Kier alpha value is -2.87. The molecule has 39 heavy (non-hydrogen) atoms. The molecule has 1 aromatic carbocycles. The number of carbonyl (C=O) groups is 1. The molecule has 3 aromatic rings. The number of aryl methyl sites for hydroxylation is 2. The lowest BCUT2D eigenvalue weighted by molar-refractivity contribution is 0.0944. The van der Waals surface area contributed by atoms with E-state index in [1.54, 1.807) is 13.2 Å². The third-order valence-electron chi connectivity index (χ3n) is 7.67. The summed E-state index contributed by atoms with van der Waals surface area (Å²) in [4.78, 5) is 26.1. The first kappa shape index (κ1) is 29.1. The number of methoxy groups -OCH3 is 1. The monoisotopic (exact) mass is 569 g/mol. The molecule has 2 aromatic heterocycles. The largest absolute Gasteiger partial charge is 0.497 e. The van der Waals surface area contributed by atoms with E-state index >= 15 is 0 Å². The maximum atomic E-state index is 12.7. The lowest BCUT2D eigenvalue weighted by Crippen LogP contribution is -2.48. The second-order valence-electron chi connectivity index (χ2n) is 10.2. The number of piperidine rings is 1. The van der Waals surface area contributed by atoms with Crippen molar-refractivity contribution in [2.24, 2.45) is 0 Å². The Labute approximate surface area is 241 Å². The Morgan fingerprint density at radius 3 is 2.51 bits per heavy atom. The number of likely N-dealkylation sites (tertiary alicyclic amines) is 1. The average molecular weight is 571 g/mol. The number of amides is 1. The van der Waals surface area contributed by atoms with Crippen LogP contribution < -0.4 is 15.0 Å². The van der Waals surface area contributed by atoms with E-state index in [0.29, 0.717) is 24.2 Å². The second-order valence-corrected chi connectivity index (χ2v) is 11.0. The number of rotatable bonds is 10. The van der Waals surface area contributed by atoms with Gasteiger partial charge in [0.15, 0.2) is 0 Å². The number of benzene rings is 1. The number of aromatic nitrogens is 2. The predicted octanol–water partition coefficient (Wildman–Crippen LogP) is 6.09. The van der Waals surface area contributed by atoms with Crippen molar-refractivity contribution in [3.63, 3.8) is 0 Å². The molecule has 3 heterocycles. The van der Waals surface area contributed by atoms with Crippen molar-refractivity contribution in [3.8, 4) is 5.75 Å². The van der Waals surface area contributed by atoms with Gasteiger partial charge in [-0.15, -0.1) is 0 Å². The zero-order chi connectivity index (χ0) is 27.9. The van der Waals surface area contributed by atoms with Crippen molar-refractivity contribution in [1.29, 1.82) is 0 Å². The van der Waals surface area contributed by atoms with E-state index in [-0.39, 0.29) is 16.2 Å². The summed E-state index contributed by atoms with van der Waals surface area (Å²) in [6.45, 7) is 9.58. The third kappa shape index (κ3) is 7.41. The molecule has 7 nitrogen and oxygen atoms in total. The maximum Gasteiger partial charge on any atom is 0.254 e. The Morgan fingerprint density at radius 2 is 1.87 bits per heavy atom. The van der Waals surface area contributed by atoms with Crippen LogP contribution in [0.3, 0.4) is 0 Å². The first-order valence-electron chi connectivity index (χ1n) is 13.4. The SMILES string of the molecule is COc1ccc(N(Cc2cnccc2C)C2CCN([C@H](C)CCNC(=O)c3c(C)cc(Cl)nc3Cl)CC2)cc1. The standard InChI is InChI=1S/C30H37Cl2N5O2/c1-20-9-13-33-18-23(20)19-37(24-5-7-26(39-4)8-6-24)25-11-15-36(16-12-25)22(3)10-14-34-30(38)28-21(2)17-27(31)35-29(28)32/h5-9,13,17-18,22,25H,10-12,14-16,19H2,1-4H3,(H,34,38)/t22-/m1/s1. The van der Waals surface area contributed by atoms with E-state index in [0.717, 1.165) is 50.2 Å². The molecule has 0 spiro atoms. The van der Waals surface area contributed by atoms with Crippen molar-refractivity contribution in [3.05, 3.63) is 81.4 Å². The molecule has 1 saturated heterocycles. The molecule has 208 valence electrons. The van der Waals surface area contributed by atoms with Gasteiger partial charge >= 0.3 is 0 Å². The number of nitrogens with one attached hydrogen (secondary N) is 1. The average Bonchev–Trinajstić information content (AvgIpc) is 2.92. The summed E-state index contributed by atoms with van der Waals surface area (Å²) in [5.41, 5.74) is 4.79. The van der Waals surface area contributed by atoms with Gasteiger partial charge in [-0.25, -0.2) is 4.98 Å². The molecule has 0 radical (unpaired) electrons. The van der Waals surface area contributed by atoms with Gasteiger partial charge < -0.3 is 19.9 Å². The first-order chi connectivity index (χ1) is 18.8. The van der Waals surface area contributed by atoms with E-state index in [1.165, 1.54) is 16.8 Å². The number of carbonyl (C=O) groups excluding carboxylic acids is 1. The van der Waals surface area contributed by atoms with Crippen LogP contribution in [-0.4, -0.2) is 59.6 Å². The molecule has 1 atom stereocenters. The van der Waals surface area contributed by atoms with Gasteiger partial charge in [0.1, 0.15) is 16.1 Å². The van der Waals surface area contributed by atoms with Gasteiger partial charge in [0.05, 0.1) is 12.7 Å². The fraction of sp³-hybridized carbons (Fsp3) is 0.433. The van der Waals surface area contributed by atoms with E-state index in [1.807, 2.05) is 31.5 Å². The van der Waals surface area contributed by atoms with Gasteiger partial charge in [0, 0.05) is 56.3 Å².